The first-order valence-electron chi connectivity index (χ1n) is 5.17. The molecule has 1 unspecified atom stereocenters. The van der Waals surface area contributed by atoms with Crippen LogP contribution in [0.2, 0.25) is 0 Å². The molecule has 1 aromatic carbocycles. The summed E-state index contributed by atoms with van der Waals surface area (Å²) in [7, 11) is -4.07. The van der Waals surface area contributed by atoms with E-state index in [9.17, 15) is 22.0 Å². The topological polar surface area (TPSA) is 71.4 Å². The van der Waals surface area contributed by atoms with Crippen molar-refractivity contribution < 1.29 is 27.1 Å². The lowest BCUT2D eigenvalue weighted by Gasteiger charge is -2.11. The number of hydrogen-bond donors (Lipinski definition) is 1. The molecule has 0 bridgehead atoms. The number of hydrogen-bond acceptors (Lipinski definition) is 3. The number of aliphatic carboxylic acids is 1. The van der Waals surface area contributed by atoms with Gasteiger partial charge in [-0.25, -0.2) is 17.2 Å². The van der Waals surface area contributed by atoms with Gasteiger partial charge in [-0.2, -0.15) is 0 Å². The number of sulfone groups is 1. The zero-order valence-corrected chi connectivity index (χ0v) is 10.4. The molecule has 0 saturated carbocycles. The number of carboxylic acid groups (broad SMARTS) is 1. The summed E-state index contributed by atoms with van der Waals surface area (Å²) in [4.78, 5) is 10.8. The van der Waals surface area contributed by atoms with E-state index in [2.05, 4.69) is 0 Å². The van der Waals surface area contributed by atoms with Crippen LogP contribution in [0.4, 0.5) is 8.78 Å². The average Bonchev–Trinajstić information content (AvgIpc) is 2.24. The fourth-order valence-electron chi connectivity index (χ4n) is 1.56. The fourth-order valence-corrected chi connectivity index (χ4v) is 3.23. The zero-order valence-electron chi connectivity index (χ0n) is 9.56. The van der Waals surface area contributed by atoms with Gasteiger partial charge in [-0.3, -0.25) is 4.79 Å². The number of carbonyl (C=O) groups is 1. The molecule has 0 aliphatic heterocycles. The van der Waals surface area contributed by atoms with E-state index < -0.39 is 38.4 Å². The molecule has 1 atom stereocenters. The lowest BCUT2D eigenvalue weighted by atomic mass is 10.2. The summed E-state index contributed by atoms with van der Waals surface area (Å²) in [5, 5.41) is 7.15. The van der Waals surface area contributed by atoms with E-state index in [1.165, 1.54) is 13.0 Å². The summed E-state index contributed by atoms with van der Waals surface area (Å²) in [6.07, 6.45) is -0.130. The van der Waals surface area contributed by atoms with Crippen LogP contribution in [0, 0.1) is 11.6 Å². The minimum Gasteiger partial charge on any atom is -0.480 e. The second kappa shape index (κ2) is 5.43. The summed E-state index contributed by atoms with van der Waals surface area (Å²) in [5.74, 6) is -4.75. The third-order valence-electron chi connectivity index (χ3n) is 2.47. The van der Waals surface area contributed by atoms with Crippen LogP contribution in [0.1, 0.15) is 18.9 Å². The van der Waals surface area contributed by atoms with Gasteiger partial charge in [0, 0.05) is 5.56 Å². The van der Waals surface area contributed by atoms with Crippen molar-refractivity contribution >= 4 is 15.8 Å². The van der Waals surface area contributed by atoms with Crippen LogP contribution in [0.15, 0.2) is 18.2 Å². The van der Waals surface area contributed by atoms with Crippen molar-refractivity contribution in [2.24, 2.45) is 0 Å². The SMILES string of the molecule is CCC(C(=O)O)S(=O)(=O)Cc1cccc(F)c1F. The summed E-state index contributed by atoms with van der Waals surface area (Å²) >= 11 is 0. The molecule has 18 heavy (non-hydrogen) atoms. The number of halogens is 2. The van der Waals surface area contributed by atoms with Crippen LogP contribution in [0.5, 0.6) is 0 Å². The molecule has 1 N–H and O–H groups in total. The Balaban J connectivity index is 3.10. The van der Waals surface area contributed by atoms with Gasteiger partial charge < -0.3 is 5.11 Å². The molecule has 0 fully saturated rings. The number of carboxylic acids is 1. The fraction of sp³-hybridized carbons (Fsp3) is 0.364. The van der Waals surface area contributed by atoms with Crippen molar-refractivity contribution in [3.8, 4) is 0 Å². The first-order chi connectivity index (χ1) is 8.29. The van der Waals surface area contributed by atoms with Crippen molar-refractivity contribution in [3.05, 3.63) is 35.4 Å². The molecule has 100 valence electrons. The highest BCUT2D eigenvalue weighted by molar-refractivity contribution is 7.92. The molecular weight excluding hydrogens is 266 g/mol. The molecule has 0 heterocycles. The largest absolute Gasteiger partial charge is 0.480 e. The van der Waals surface area contributed by atoms with Crippen molar-refractivity contribution in [1.29, 1.82) is 0 Å². The normalized spacial score (nSPS) is 13.3. The van der Waals surface area contributed by atoms with Crippen molar-refractivity contribution in [2.75, 3.05) is 0 Å². The minimum absolute atomic E-state index is 0.130. The van der Waals surface area contributed by atoms with E-state index in [0.29, 0.717) is 0 Å². The summed E-state index contributed by atoms with van der Waals surface area (Å²) < 4.78 is 49.8. The van der Waals surface area contributed by atoms with Gasteiger partial charge in [0.1, 0.15) is 0 Å². The molecule has 0 amide bonds. The lowest BCUT2D eigenvalue weighted by Crippen LogP contribution is -2.30. The maximum absolute atomic E-state index is 13.3. The molecule has 4 nitrogen and oxygen atoms in total. The molecule has 0 aliphatic carbocycles. The smallest absolute Gasteiger partial charge is 0.321 e. The van der Waals surface area contributed by atoms with Gasteiger partial charge in [0.2, 0.25) is 0 Å². The third-order valence-corrected chi connectivity index (χ3v) is 4.58. The van der Waals surface area contributed by atoms with Crippen molar-refractivity contribution in [1.82, 2.24) is 0 Å². The summed E-state index contributed by atoms with van der Waals surface area (Å²) in [5.41, 5.74) is -0.366. The molecule has 0 spiro atoms. The van der Waals surface area contributed by atoms with E-state index in [1.54, 1.807) is 0 Å². The molecular formula is C11H12F2O4S. The van der Waals surface area contributed by atoms with Gasteiger partial charge in [0.15, 0.2) is 26.7 Å². The van der Waals surface area contributed by atoms with E-state index in [-0.39, 0.29) is 12.0 Å². The Kier molecular flexibility index (Phi) is 4.39. The Labute approximate surface area is 103 Å². The van der Waals surface area contributed by atoms with Gasteiger partial charge in [0.25, 0.3) is 0 Å². The molecule has 0 saturated heterocycles. The van der Waals surface area contributed by atoms with Crippen LogP contribution in [-0.2, 0) is 20.4 Å². The first-order valence-corrected chi connectivity index (χ1v) is 6.88. The van der Waals surface area contributed by atoms with Crippen LogP contribution in [0.25, 0.3) is 0 Å². The second-order valence-electron chi connectivity index (χ2n) is 3.76. The van der Waals surface area contributed by atoms with Crippen molar-refractivity contribution in [3.63, 3.8) is 0 Å². The van der Waals surface area contributed by atoms with E-state index in [4.69, 9.17) is 5.11 Å². The third kappa shape index (κ3) is 3.04. The quantitative estimate of drug-likeness (QED) is 0.890. The van der Waals surface area contributed by atoms with Crippen molar-refractivity contribution in [2.45, 2.75) is 24.3 Å². The molecule has 0 aromatic heterocycles. The molecule has 1 aromatic rings. The number of rotatable bonds is 5. The first kappa shape index (κ1) is 14.6. The van der Waals surface area contributed by atoms with E-state index >= 15 is 0 Å². The van der Waals surface area contributed by atoms with E-state index in [1.807, 2.05) is 0 Å². The van der Waals surface area contributed by atoms with Gasteiger partial charge in [-0.15, -0.1) is 0 Å². The highest BCUT2D eigenvalue weighted by Crippen LogP contribution is 2.18. The Morgan fingerprint density at radius 1 is 1.39 bits per heavy atom. The summed E-state index contributed by atoms with van der Waals surface area (Å²) in [6, 6.07) is 3.15. The maximum atomic E-state index is 13.3. The molecule has 1 rings (SSSR count). The van der Waals surface area contributed by atoms with Crippen LogP contribution >= 0.6 is 0 Å². The Bertz CT molecular complexity index is 554. The Morgan fingerprint density at radius 3 is 2.50 bits per heavy atom. The average molecular weight is 278 g/mol. The Hall–Kier alpha value is -1.50. The van der Waals surface area contributed by atoms with Crippen LogP contribution < -0.4 is 0 Å². The monoisotopic (exact) mass is 278 g/mol. The van der Waals surface area contributed by atoms with Crippen LogP contribution in [-0.4, -0.2) is 24.7 Å². The van der Waals surface area contributed by atoms with Gasteiger partial charge in [-0.1, -0.05) is 19.1 Å². The summed E-state index contributed by atoms with van der Waals surface area (Å²) in [6.45, 7) is 1.40. The lowest BCUT2D eigenvalue weighted by molar-refractivity contribution is -0.136. The highest BCUT2D eigenvalue weighted by Gasteiger charge is 2.31. The molecule has 7 heteroatoms. The zero-order chi connectivity index (χ0) is 13.9. The highest BCUT2D eigenvalue weighted by atomic mass is 32.2. The van der Waals surface area contributed by atoms with Gasteiger partial charge in [0.05, 0.1) is 5.75 Å². The van der Waals surface area contributed by atoms with Crippen LogP contribution in [0.3, 0.4) is 0 Å². The predicted molar refractivity (Wildman–Crippen MR) is 60.7 cm³/mol. The molecule has 0 aliphatic rings. The minimum atomic E-state index is -4.07. The van der Waals surface area contributed by atoms with E-state index in [0.717, 1.165) is 12.1 Å². The van der Waals surface area contributed by atoms with Gasteiger partial charge in [-0.05, 0) is 12.5 Å². The standard InChI is InChI=1S/C11H12F2O4S/c1-2-9(11(14)15)18(16,17)6-7-4-3-5-8(12)10(7)13/h3-5,9H,2,6H2,1H3,(H,14,15). The number of benzene rings is 1. The Morgan fingerprint density at radius 2 is 2.00 bits per heavy atom. The maximum Gasteiger partial charge on any atom is 0.321 e. The molecule has 0 radical (unpaired) electrons. The predicted octanol–water partition coefficient (Wildman–Crippen LogP) is 1.74. The van der Waals surface area contributed by atoms with Gasteiger partial charge >= 0.3 is 5.97 Å². The second-order valence-corrected chi connectivity index (χ2v) is 5.94.